The lowest BCUT2D eigenvalue weighted by Crippen LogP contribution is -2.41. The van der Waals surface area contributed by atoms with Crippen molar-refractivity contribution in [1.82, 2.24) is 5.32 Å². The molecule has 0 aliphatic carbocycles. The molecule has 0 aromatic carbocycles. The van der Waals surface area contributed by atoms with E-state index in [2.05, 4.69) is 5.32 Å². The number of rotatable bonds is 3. The molecule has 1 saturated heterocycles. The summed E-state index contributed by atoms with van der Waals surface area (Å²) in [4.78, 5) is 22.3. The van der Waals surface area contributed by atoms with Gasteiger partial charge in [-0.1, -0.05) is 0 Å². The van der Waals surface area contributed by atoms with Crippen molar-refractivity contribution >= 4 is 12.1 Å². The molecule has 6 nitrogen and oxygen atoms in total. The maximum atomic E-state index is 11.4. The Morgan fingerprint density at radius 2 is 2.11 bits per heavy atom. The lowest BCUT2D eigenvalue weighted by Gasteiger charge is -2.27. The van der Waals surface area contributed by atoms with Crippen LogP contribution in [0.3, 0.4) is 0 Å². The topological polar surface area (TPSA) is 84.9 Å². The number of amides is 1. The van der Waals surface area contributed by atoms with Crippen molar-refractivity contribution in [2.45, 2.75) is 45.3 Å². The van der Waals surface area contributed by atoms with Gasteiger partial charge in [0, 0.05) is 13.2 Å². The predicted octanol–water partition coefficient (Wildman–Crippen LogP) is 1.39. The first-order valence-corrected chi connectivity index (χ1v) is 6.09. The minimum Gasteiger partial charge on any atom is -0.481 e. The molecule has 1 heterocycles. The smallest absolute Gasteiger partial charge is 0.407 e. The molecule has 1 fully saturated rings. The lowest BCUT2D eigenvalue weighted by atomic mass is 9.96. The van der Waals surface area contributed by atoms with Gasteiger partial charge in [0.2, 0.25) is 0 Å². The molecule has 18 heavy (non-hydrogen) atoms. The normalized spacial score (nSPS) is 24.4. The standard InChI is InChI=1S/C12H21NO5/c1-12(2,3)18-11(16)13-7-9-6-8(10(14)15)4-5-17-9/h8-9H,4-7H2,1-3H3,(H,13,16)(H,14,15). The fraction of sp³-hybridized carbons (Fsp3) is 0.833. The van der Waals surface area contributed by atoms with E-state index in [0.717, 1.165) is 0 Å². The Hall–Kier alpha value is -1.30. The van der Waals surface area contributed by atoms with Gasteiger partial charge in [0.25, 0.3) is 0 Å². The first kappa shape index (κ1) is 14.8. The first-order valence-electron chi connectivity index (χ1n) is 6.09. The zero-order valence-corrected chi connectivity index (χ0v) is 11.1. The van der Waals surface area contributed by atoms with Crippen molar-refractivity contribution in [3.63, 3.8) is 0 Å². The van der Waals surface area contributed by atoms with Crippen LogP contribution < -0.4 is 5.32 Å². The molecule has 1 rings (SSSR count). The predicted molar refractivity (Wildman–Crippen MR) is 64.3 cm³/mol. The van der Waals surface area contributed by atoms with E-state index in [9.17, 15) is 9.59 Å². The minimum atomic E-state index is -0.805. The van der Waals surface area contributed by atoms with Crippen LogP contribution in [0.1, 0.15) is 33.6 Å². The summed E-state index contributed by atoms with van der Waals surface area (Å²) >= 11 is 0. The second-order valence-corrected chi connectivity index (χ2v) is 5.44. The number of carboxylic acids is 1. The number of ether oxygens (including phenoxy) is 2. The van der Waals surface area contributed by atoms with Crippen LogP contribution in [0.15, 0.2) is 0 Å². The van der Waals surface area contributed by atoms with E-state index in [1.54, 1.807) is 20.8 Å². The van der Waals surface area contributed by atoms with E-state index in [-0.39, 0.29) is 18.6 Å². The number of carboxylic acid groups (broad SMARTS) is 1. The number of hydrogen-bond donors (Lipinski definition) is 2. The van der Waals surface area contributed by atoms with Crippen molar-refractivity contribution in [2.75, 3.05) is 13.2 Å². The molecule has 6 heteroatoms. The first-order chi connectivity index (χ1) is 8.28. The van der Waals surface area contributed by atoms with E-state index in [1.165, 1.54) is 0 Å². The fourth-order valence-corrected chi connectivity index (χ4v) is 1.76. The van der Waals surface area contributed by atoms with Gasteiger partial charge in [0.15, 0.2) is 0 Å². The molecule has 104 valence electrons. The molecular formula is C12H21NO5. The maximum Gasteiger partial charge on any atom is 0.407 e. The number of aliphatic carboxylic acids is 1. The van der Waals surface area contributed by atoms with E-state index in [0.29, 0.717) is 19.4 Å². The Morgan fingerprint density at radius 1 is 1.44 bits per heavy atom. The zero-order chi connectivity index (χ0) is 13.8. The largest absolute Gasteiger partial charge is 0.481 e. The van der Waals surface area contributed by atoms with E-state index < -0.39 is 17.7 Å². The molecule has 2 unspecified atom stereocenters. The molecule has 0 saturated carbocycles. The van der Waals surface area contributed by atoms with Crippen molar-refractivity contribution < 1.29 is 24.2 Å². The van der Waals surface area contributed by atoms with Gasteiger partial charge in [-0.05, 0) is 33.6 Å². The molecule has 0 spiro atoms. The third-order valence-electron chi connectivity index (χ3n) is 2.59. The third kappa shape index (κ3) is 5.35. The number of alkyl carbamates (subject to hydrolysis) is 1. The van der Waals surface area contributed by atoms with Gasteiger partial charge in [-0.2, -0.15) is 0 Å². The highest BCUT2D eigenvalue weighted by atomic mass is 16.6. The summed E-state index contributed by atoms with van der Waals surface area (Å²) in [5, 5.41) is 11.5. The van der Waals surface area contributed by atoms with Crippen LogP contribution in [0.4, 0.5) is 4.79 Å². The number of nitrogens with one attached hydrogen (secondary N) is 1. The van der Waals surface area contributed by atoms with Crippen LogP contribution in [0.2, 0.25) is 0 Å². The van der Waals surface area contributed by atoms with Gasteiger partial charge in [-0.15, -0.1) is 0 Å². The number of carbonyl (C=O) groups is 2. The third-order valence-corrected chi connectivity index (χ3v) is 2.59. The van der Waals surface area contributed by atoms with Crippen LogP contribution in [0, 0.1) is 5.92 Å². The SMILES string of the molecule is CC(C)(C)OC(=O)NCC1CC(C(=O)O)CCO1. The van der Waals surface area contributed by atoms with E-state index in [1.807, 2.05) is 0 Å². The molecule has 0 aromatic heterocycles. The van der Waals surface area contributed by atoms with Crippen molar-refractivity contribution in [3.05, 3.63) is 0 Å². The van der Waals surface area contributed by atoms with Gasteiger partial charge in [0.1, 0.15) is 5.60 Å². The average molecular weight is 259 g/mol. The Kier molecular flexibility index (Phi) is 4.95. The van der Waals surface area contributed by atoms with Crippen molar-refractivity contribution in [3.8, 4) is 0 Å². The summed E-state index contributed by atoms with van der Waals surface area (Å²) < 4.78 is 10.5. The monoisotopic (exact) mass is 259 g/mol. The molecule has 2 atom stereocenters. The second-order valence-electron chi connectivity index (χ2n) is 5.44. The number of hydrogen-bond acceptors (Lipinski definition) is 4. The molecule has 1 aliphatic rings. The fourth-order valence-electron chi connectivity index (χ4n) is 1.76. The van der Waals surface area contributed by atoms with Crippen LogP contribution in [0.25, 0.3) is 0 Å². The molecule has 1 amide bonds. The summed E-state index contributed by atoms with van der Waals surface area (Å²) in [6.45, 7) is 6.04. The molecule has 0 radical (unpaired) electrons. The van der Waals surface area contributed by atoms with Gasteiger partial charge in [-0.3, -0.25) is 4.79 Å². The molecule has 1 aliphatic heterocycles. The Bertz CT molecular complexity index is 310. The highest BCUT2D eigenvalue weighted by molar-refractivity contribution is 5.70. The average Bonchev–Trinajstić information content (AvgIpc) is 2.24. The van der Waals surface area contributed by atoms with Crippen LogP contribution in [-0.2, 0) is 14.3 Å². The summed E-state index contributed by atoms with van der Waals surface area (Å²) in [6, 6.07) is 0. The second kappa shape index (κ2) is 6.04. The number of carbonyl (C=O) groups excluding carboxylic acids is 1. The van der Waals surface area contributed by atoms with Gasteiger partial charge < -0.3 is 19.9 Å². The van der Waals surface area contributed by atoms with Gasteiger partial charge in [-0.25, -0.2) is 4.79 Å². The zero-order valence-electron chi connectivity index (χ0n) is 11.1. The van der Waals surface area contributed by atoms with Crippen molar-refractivity contribution in [1.29, 1.82) is 0 Å². The van der Waals surface area contributed by atoms with Crippen LogP contribution in [-0.4, -0.2) is 42.0 Å². The minimum absolute atomic E-state index is 0.257. The highest BCUT2D eigenvalue weighted by Gasteiger charge is 2.28. The molecule has 0 bridgehead atoms. The Labute approximate surface area is 107 Å². The summed E-state index contributed by atoms with van der Waals surface area (Å²) in [5.74, 6) is -1.19. The van der Waals surface area contributed by atoms with E-state index in [4.69, 9.17) is 14.6 Å². The molecule has 2 N–H and O–H groups in total. The maximum absolute atomic E-state index is 11.4. The van der Waals surface area contributed by atoms with Gasteiger partial charge >= 0.3 is 12.1 Å². The lowest BCUT2D eigenvalue weighted by molar-refractivity contribution is -0.146. The molecule has 0 aromatic rings. The van der Waals surface area contributed by atoms with Gasteiger partial charge in [0.05, 0.1) is 12.0 Å². The highest BCUT2D eigenvalue weighted by Crippen LogP contribution is 2.20. The quantitative estimate of drug-likeness (QED) is 0.800. The van der Waals surface area contributed by atoms with E-state index >= 15 is 0 Å². The molecular weight excluding hydrogens is 238 g/mol. The summed E-state index contributed by atoms with van der Waals surface area (Å²) in [6.07, 6.45) is 0.180. The summed E-state index contributed by atoms with van der Waals surface area (Å²) in [7, 11) is 0. The summed E-state index contributed by atoms with van der Waals surface area (Å²) in [5.41, 5.74) is -0.541. The van der Waals surface area contributed by atoms with Crippen LogP contribution >= 0.6 is 0 Å². The Morgan fingerprint density at radius 3 is 2.67 bits per heavy atom. The van der Waals surface area contributed by atoms with Crippen molar-refractivity contribution in [2.24, 2.45) is 5.92 Å². The Balaban J connectivity index is 2.31. The van der Waals surface area contributed by atoms with Crippen LogP contribution in [0.5, 0.6) is 0 Å².